The molecule has 1 aliphatic rings. The second-order valence-electron chi connectivity index (χ2n) is 7.11. The zero-order valence-electron chi connectivity index (χ0n) is 15.9. The smallest absolute Gasteiger partial charge is 0.317 e. The van der Waals surface area contributed by atoms with E-state index in [9.17, 15) is 9.59 Å². The molecule has 0 spiro atoms. The largest absolute Gasteiger partial charge is 0.352 e. The molecule has 3 rings (SSSR count). The molecule has 2 N–H and O–H groups in total. The molecule has 2 aromatic carbocycles. The lowest BCUT2D eigenvalue weighted by molar-refractivity contribution is 0.0938. The zero-order chi connectivity index (χ0) is 19.8. The van der Waals surface area contributed by atoms with Crippen LogP contribution in [-0.2, 0) is 6.42 Å². The van der Waals surface area contributed by atoms with E-state index in [4.69, 9.17) is 11.6 Å². The van der Waals surface area contributed by atoms with E-state index in [1.807, 2.05) is 23.1 Å². The Morgan fingerprint density at radius 2 is 1.79 bits per heavy atom. The Balaban J connectivity index is 1.42. The highest BCUT2D eigenvalue weighted by Crippen LogP contribution is 2.17. The van der Waals surface area contributed by atoms with Crippen LogP contribution in [0.4, 0.5) is 4.79 Å². The fourth-order valence-electron chi connectivity index (χ4n) is 3.46. The SMILES string of the molecule is O=C(NC[C@H]1CCCN(C(=O)NCCc2ccccc2)C1)c1ccccc1Cl. The number of rotatable bonds is 6. The Kier molecular flexibility index (Phi) is 7.31. The van der Waals surface area contributed by atoms with Crippen LogP contribution < -0.4 is 10.6 Å². The van der Waals surface area contributed by atoms with E-state index in [2.05, 4.69) is 22.8 Å². The number of carbonyl (C=O) groups is 2. The second-order valence-corrected chi connectivity index (χ2v) is 7.52. The van der Waals surface area contributed by atoms with Gasteiger partial charge in [-0.1, -0.05) is 54.1 Å². The number of carbonyl (C=O) groups excluding carboxylic acids is 2. The number of halogens is 1. The van der Waals surface area contributed by atoms with Crippen molar-refractivity contribution in [2.45, 2.75) is 19.3 Å². The number of likely N-dealkylation sites (tertiary alicyclic amines) is 1. The Morgan fingerprint density at radius 1 is 1.04 bits per heavy atom. The maximum absolute atomic E-state index is 12.4. The minimum atomic E-state index is -0.171. The van der Waals surface area contributed by atoms with Gasteiger partial charge in [0.25, 0.3) is 5.91 Å². The standard InChI is InChI=1S/C22H26ClN3O2/c23-20-11-5-4-10-19(20)21(27)25-15-18-9-6-14-26(16-18)22(28)24-13-12-17-7-2-1-3-8-17/h1-5,7-8,10-11,18H,6,9,12-16H2,(H,24,28)(H,25,27)/t18-/m1/s1. The lowest BCUT2D eigenvalue weighted by atomic mass is 9.98. The van der Waals surface area contributed by atoms with E-state index in [0.717, 1.165) is 25.8 Å². The minimum Gasteiger partial charge on any atom is -0.352 e. The van der Waals surface area contributed by atoms with Gasteiger partial charge in [-0.05, 0) is 42.9 Å². The van der Waals surface area contributed by atoms with Gasteiger partial charge in [0.15, 0.2) is 0 Å². The van der Waals surface area contributed by atoms with Crippen LogP contribution in [0, 0.1) is 5.92 Å². The Hall–Kier alpha value is -2.53. The zero-order valence-corrected chi connectivity index (χ0v) is 16.6. The van der Waals surface area contributed by atoms with Crippen molar-refractivity contribution in [1.29, 1.82) is 0 Å². The summed E-state index contributed by atoms with van der Waals surface area (Å²) in [5, 5.41) is 6.40. The van der Waals surface area contributed by atoms with Gasteiger partial charge in [0.2, 0.25) is 0 Å². The third kappa shape index (κ3) is 5.73. The van der Waals surface area contributed by atoms with Crippen LogP contribution in [0.15, 0.2) is 54.6 Å². The summed E-state index contributed by atoms with van der Waals surface area (Å²) in [6.45, 7) is 2.57. The minimum absolute atomic E-state index is 0.0296. The molecule has 148 valence electrons. The van der Waals surface area contributed by atoms with Crippen molar-refractivity contribution in [2.24, 2.45) is 5.92 Å². The number of nitrogens with zero attached hydrogens (tertiary/aromatic N) is 1. The first-order valence-electron chi connectivity index (χ1n) is 9.73. The average Bonchev–Trinajstić information content (AvgIpc) is 2.73. The molecule has 0 bridgehead atoms. The molecule has 1 fully saturated rings. The van der Waals surface area contributed by atoms with Crippen molar-refractivity contribution in [3.63, 3.8) is 0 Å². The first-order valence-corrected chi connectivity index (χ1v) is 10.1. The number of nitrogens with one attached hydrogen (secondary N) is 2. The maximum atomic E-state index is 12.4. The number of piperidine rings is 1. The van der Waals surface area contributed by atoms with Crippen molar-refractivity contribution in [3.8, 4) is 0 Å². The highest BCUT2D eigenvalue weighted by molar-refractivity contribution is 6.33. The Labute approximate surface area is 171 Å². The first-order chi connectivity index (χ1) is 13.6. The molecular weight excluding hydrogens is 374 g/mol. The molecule has 3 amide bonds. The number of hydrogen-bond acceptors (Lipinski definition) is 2. The molecule has 2 aromatic rings. The summed E-state index contributed by atoms with van der Waals surface area (Å²) in [7, 11) is 0. The highest BCUT2D eigenvalue weighted by atomic mass is 35.5. The Morgan fingerprint density at radius 3 is 2.57 bits per heavy atom. The van der Waals surface area contributed by atoms with Crippen molar-refractivity contribution in [1.82, 2.24) is 15.5 Å². The van der Waals surface area contributed by atoms with Gasteiger partial charge in [-0.2, -0.15) is 0 Å². The molecule has 1 aliphatic heterocycles. The number of urea groups is 1. The van der Waals surface area contributed by atoms with Crippen LogP contribution >= 0.6 is 11.6 Å². The van der Waals surface area contributed by atoms with Crippen LogP contribution in [0.3, 0.4) is 0 Å². The van der Waals surface area contributed by atoms with Crippen molar-refractivity contribution in [3.05, 3.63) is 70.7 Å². The van der Waals surface area contributed by atoms with Crippen molar-refractivity contribution >= 4 is 23.5 Å². The summed E-state index contributed by atoms with van der Waals surface area (Å²) in [5.41, 5.74) is 1.69. The summed E-state index contributed by atoms with van der Waals surface area (Å²) in [4.78, 5) is 26.6. The molecule has 0 aromatic heterocycles. The van der Waals surface area contributed by atoms with Gasteiger partial charge in [0.1, 0.15) is 0 Å². The topological polar surface area (TPSA) is 61.4 Å². The number of hydrogen-bond donors (Lipinski definition) is 2. The van der Waals surface area contributed by atoms with Crippen LogP contribution in [0.25, 0.3) is 0 Å². The summed E-state index contributed by atoms with van der Waals surface area (Å²) < 4.78 is 0. The van der Waals surface area contributed by atoms with E-state index < -0.39 is 0 Å². The quantitative estimate of drug-likeness (QED) is 0.777. The molecule has 1 atom stereocenters. The normalized spacial score (nSPS) is 16.5. The van der Waals surface area contributed by atoms with Crippen LogP contribution in [0.2, 0.25) is 5.02 Å². The van der Waals surface area contributed by atoms with Gasteiger partial charge in [-0.25, -0.2) is 4.79 Å². The monoisotopic (exact) mass is 399 g/mol. The first kappa shape index (κ1) is 20.2. The fourth-order valence-corrected chi connectivity index (χ4v) is 3.69. The van der Waals surface area contributed by atoms with Gasteiger partial charge in [-0.3, -0.25) is 4.79 Å². The molecule has 1 heterocycles. The Bertz CT molecular complexity index is 797. The molecule has 28 heavy (non-hydrogen) atoms. The van der Waals surface area contributed by atoms with Gasteiger partial charge in [-0.15, -0.1) is 0 Å². The molecule has 6 heteroatoms. The van der Waals surface area contributed by atoms with Crippen molar-refractivity contribution < 1.29 is 9.59 Å². The van der Waals surface area contributed by atoms with Gasteiger partial charge in [0.05, 0.1) is 10.6 Å². The molecule has 0 aliphatic carbocycles. The summed E-state index contributed by atoms with van der Waals surface area (Å²) >= 11 is 6.08. The van der Waals surface area contributed by atoms with Gasteiger partial charge < -0.3 is 15.5 Å². The highest BCUT2D eigenvalue weighted by Gasteiger charge is 2.24. The van der Waals surface area contributed by atoms with E-state index in [0.29, 0.717) is 30.2 Å². The number of amides is 3. The van der Waals surface area contributed by atoms with E-state index in [-0.39, 0.29) is 17.9 Å². The maximum Gasteiger partial charge on any atom is 0.317 e. The molecule has 5 nitrogen and oxygen atoms in total. The molecule has 0 unspecified atom stereocenters. The van der Waals surface area contributed by atoms with E-state index in [1.165, 1.54) is 5.56 Å². The molecule has 0 saturated carbocycles. The lowest BCUT2D eigenvalue weighted by Gasteiger charge is -2.33. The summed E-state index contributed by atoms with van der Waals surface area (Å²) in [6, 6.07) is 17.1. The predicted octanol–water partition coefficient (Wildman–Crippen LogP) is 3.73. The van der Waals surface area contributed by atoms with Crippen molar-refractivity contribution in [2.75, 3.05) is 26.2 Å². The van der Waals surface area contributed by atoms with Crippen LogP contribution in [0.5, 0.6) is 0 Å². The third-order valence-electron chi connectivity index (χ3n) is 5.01. The number of benzene rings is 2. The van der Waals surface area contributed by atoms with Gasteiger partial charge >= 0.3 is 6.03 Å². The summed E-state index contributed by atoms with van der Waals surface area (Å²) in [5.74, 6) is 0.0788. The molecular formula is C22H26ClN3O2. The van der Waals surface area contributed by atoms with Crippen LogP contribution in [0.1, 0.15) is 28.8 Å². The molecule has 0 radical (unpaired) electrons. The molecule has 1 saturated heterocycles. The summed E-state index contributed by atoms with van der Waals surface area (Å²) in [6.07, 6.45) is 2.76. The van der Waals surface area contributed by atoms with E-state index in [1.54, 1.807) is 24.3 Å². The predicted molar refractivity (Wildman–Crippen MR) is 112 cm³/mol. The van der Waals surface area contributed by atoms with Crippen LogP contribution in [-0.4, -0.2) is 43.0 Å². The fraction of sp³-hybridized carbons (Fsp3) is 0.364. The van der Waals surface area contributed by atoms with Gasteiger partial charge in [0, 0.05) is 26.2 Å². The second kappa shape index (κ2) is 10.1. The third-order valence-corrected chi connectivity index (χ3v) is 5.34. The van der Waals surface area contributed by atoms with E-state index >= 15 is 0 Å². The average molecular weight is 400 g/mol. The lowest BCUT2D eigenvalue weighted by Crippen LogP contribution is -2.48.